The number of para-hydroxylation sites is 1. The van der Waals surface area contributed by atoms with Gasteiger partial charge in [0.05, 0.1) is 39.9 Å². The van der Waals surface area contributed by atoms with Gasteiger partial charge < -0.3 is 24.1 Å². The summed E-state index contributed by atoms with van der Waals surface area (Å²) in [6.07, 6.45) is 1.59. The molecule has 0 amide bonds. The molecule has 0 aliphatic heterocycles. The molecule has 2 unspecified atom stereocenters. The minimum atomic E-state index is -1.57. The number of methoxy groups -OCH3 is 4. The van der Waals surface area contributed by atoms with Crippen LogP contribution in [0.1, 0.15) is 17.0 Å². The molecule has 1 N–H and O–H groups in total. The number of carboxylic acid groups (broad SMARTS) is 1. The standard InChI is InChI=1S/C21H24O7S/c1-25-14-11-19(27-3)16(20(12-14)28-4)9-10-29(24)13-17(21(22)23)15-7-5-6-8-18(15)26-2/h5-12,17H,13H2,1-4H3,(H,22,23)/b10-9+. The van der Waals surface area contributed by atoms with Crippen LogP contribution in [0.5, 0.6) is 23.0 Å². The van der Waals surface area contributed by atoms with Crippen LogP contribution >= 0.6 is 0 Å². The molecule has 8 heteroatoms. The Kier molecular flexibility index (Phi) is 8.09. The number of ether oxygens (including phenoxy) is 4. The summed E-state index contributed by atoms with van der Waals surface area (Å²) in [5, 5.41) is 11.1. The van der Waals surface area contributed by atoms with E-state index >= 15 is 0 Å². The zero-order chi connectivity index (χ0) is 21.4. The molecule has 2 rings (SSSR count). The van der Waals surface area contributed by atoms with E-state index in [0.717, 1.165) is 0 Å². The molecule has 0 aliphatic rings. The molecule has 0 heterocycles. The fraction of sp³-hybridized carbons (Fsp3) is 0.286. The van der Waals surface area contributed by atoms with Crippen LogP contribution < -0.4 is 18.9 Å². The number of rotatable bonds is 10. The van der Waals surface area contributed by atoms with Gasteiger partial charge >= 0.3 is 5.97 Å². The maximum absolute atomic E-state index is 12.6. The summed E-state index contributed by atoms with van der Waals surface area (Å²) in [5.41, 5.74) is 1.05. The van der Waals surface area contributed by atoms with Gasteiger partial charge in [-0.1, -0.05) is 18.2 Å². The first-order valence-corrected chi connectivity index (χ1v) is 10.0. The van der Waals surface area contributed by atoms with Gasteiger partial charge in [0.2, 0.25) is 0 Å². The third-order valence-corrected chi connectivity index (χ3v) is 5.38. The second-order valence-corrected chi connectivity index (χ2v) is 7.30. The van der Waals surface area contributed by atoms with Crippen LogP contribution in [0.4, 0.5) is 0 Å². The molecule has 0 saturated carbocycles. The molecular weight excluding hydrogens is 396 g/mol. The zero-order valence-corrected chi connectivity index (χ0v) is 17.5. The second kappa shape index (κ2) is 10.5. The number of aliphatic carboxylic acids is 1. The second-order valence-electron chi connectivity index (χ2n) is 5.93. The van der Waals surface area contributed by atoms with E-state index in [1.807, 2.05) is 0 Å². The minimum absolute atomic E-state index is 0.104. The van der Waals surface area contributed by atoms with Crippen LogP contribution in [0.3, 0.4) is 0 Å². The normalized spacial score (nSPS) is 13.0. The lowest BCUT2D eigenvalue weighted by atomic mass is 10.0. The largest absolute Gasteiger partial charge is 0.496 e. The fourth-order valence-electron chi connectivity index (χ4n) is 2.81. The Hall–Kier alpha value is -3.00. The third-order valence-electron chi connectivity index (χ3n) is 4.28. The highest BCUT2D eigenvalue weighted by atomic mass is 32.2. The predicted molar refractivity (Wildman–Crippen MR) is 112 cm³/mol. The average Bonchev–Trinajstić information content (AvgIpc) is 2.74. The summed E-state index contributed by atoms with van der Waals surface area (Å²) in [7, 11) is 4.44. The van der Waals surface area contributed by atoms with Crippen LogP contribution in [0, 0.1) is 0 Å². The summed E-state index contributed by atoms with van der Waals surface area (Å²) < 4.78 is 33.8. The van der Waals surface area contributed by atoms with Gasteiger partial charge in [-0.2, -0.15) is 0 Å². The van der Waals surface area contributed by atoms with Crippen molar-refractivity contribution in [3.63, 3.8) is 0 Å². The first-order chi connectivity index (χ1) is 13.9. The van der Waals surface area contributed by atoms with Crippen molar-refractivity contribution in [1.29, 1.82) is 0 Å². The monoisotopic (exact) mass is 420 g/mol. The molecule has 29 heavy (non-hydrogen) atoms. The third kappa shape index (κ3) is 5.51. The SMILES string of the molecule is COc1cc(OC)c(/C=C/S(=O)CC(C(=O)O)c2ccccc2OC)c(OC)c1. The number of benzene rings is 2. The van der Waals surface area contributed by atoms with E-state index in [2.05, 4.69) is 0 Å². The Morgan fingerprint density at radius 1 is 1.00 bits per heavy atom. The minimum Gasteiger partial charge on any atom is -0.496 e. The van der Waals surface area contributed by atoms with E-state index in [1.165, 1.54) is 33.8 Å². The van der Waals surface area contributed by atoms with Gasteiger partial charge in [0.25, 0.3) is 0 Å². The molecule has 2 atom stereocenters. The molecule has 156 valence electrons. The highest BCUT2D eigenvalue weighted by Gasteiger charge is 2.25. The summed E-state index contributed by atoms with van der Waals surface area (Å²) in [4.78, 5) is 11.8. The fourth-order valence-corrected chi connectivity index (χ4v) is 3.86. The van der Waals surface area contributed by atoms with Gasteiger partial charge in [0, 0.05) is 39.7 Å². The summed E-state index contributed by atoms with van der Waals surface area (Å²) in [5.74, 6) is -0.193. The molecule has 0 saturated heterocycles. The molecule has 2 aromatic carbocycles. The van der Waals surface area contributed by atoms with Crippen molar-refractivity contribution in [2.45, 2.75) is 5.92 Å². The maximum Gasteiger partial charge on any atom is 0.312 e. The van der Waals surface area contributed by atoms with Crippen LogP contribution in [0.25, 0.3) is 6.08 Å². The van der Waals surface area contributed by atoms with Crippen molar-refractivity contribution < 1.29 is 33.1 Å². The van der Waals surface area contributed by atoms with E-state index in [4.69, 9.17) is 18.9 Å². The molecule has 0 aliphatic carbocycles. The molecule has 2 aromatic rings. The highest BCUT2D eigenvalue weighted by Crippen LogP contribution is 2.35. The molecule has 0 radical (unpaired) electrons. The lowest BCUT2D eigenvalue weighted by molar-refractivity contribution is -0.138. The summed E-state index contributed by atoms with van der Waals surface area (Å²) in [6, 6.07) is 10.2. The Morgan fingerprint density at radius 3 is 2.10 bits per heavy atom. The quantitative estimate of drug-likeness (QED) is 0.630. The van der Waals surface area contributed by atoms with Gasteiger partial charge in [-0.15, -0.1) is 0 Å². The summed E-state index contributed by atoms with van der Waals surface area (Å²) >= 11 is 0. The van der Waals surface area contributed by atoms with Crippen molar-refractivity contribution in [2.75, 3.05) is 34.2 Å². The number of carboxylic acids is 1. The number of hydrogen-bond donors (Lipinski definition) is 1. The van der Waals surface area contributed by atoms with Crippen molar-refractivity contribution in [3.8, 4) is 23.0 Å². The van der Waals surface area contributed by atoms with Crippen LogP contribution in [-0.4, -0.2) is 49.5 Å². The van der Waals surface area contributed by atoms with Crippen molar-refractivity contribution in [1.82, 2.24) is 0 Å². The molecule has 0 aromatic heterocycles. The Morgan fingerprint density at radius 2 is 1.59 bits per heavy atom. The van der Waals surface area contributed by atoms with Gasteiger partial charge in [-0.05, 0) is 12.1 Å². The Bertz CT molecular complexity index is 883. The Labute approximate surface area is 172 Å². The van der Waals surface area contributed by atoms with Crippen molar-refractivity contribution in [3.05, 3.63) is 52.9 Å². The van der Waals surface area contributed by atoms with Gasteiger partial charge in [-0.25, -0.2) is 0 Å². The van der Waals surface area contributed by atoms with E-state index in [1.54, 1.807) is 42.5 Å². The van der Waals surface area contributed by atoms with Gasteiger partial charge in [0.15, 0.2) is 0 Å². The van der Waals surface area contributed by atoms with Gasteiger partial charge in [0.1, 0.15) is 23.0 Å². The lowest BCUT2D eigenvalue weighted by Crippen LogP contribution is -2.18. The average molecular weight is 420 g/mol. The zero-order valence-electron chi connectivity index (χ0n) is 16.7. The van der Waals surface area contributed by atoms with Crippen molar-refractivity contribution >= 4 is 22.8 Å². The molecule has 7 nitrogen and oxygen atoms in total. The number of hydrogen-bond acceptors (Lipinski definition) is 6. The molecule has 0 fully saturated rings. The smallest absolute Gasteiger partial charge is 0.312 e. The molecular formula is C21H24O7S. The maximum atomic E-state index is 12.6. The van der Waals surface area contributed by atoms with Crippen LogP contribution in [0.15, 0.2) is 41.8 Å². The first kappa shape index (κ1) is 22.3. The molecule has 0 spiro atoms. The van der Waals surface area contributed by atoms with Crippen LogP contribution in [0.2, 0.25) is 0 Å². The topological polar surface area (TPSA) is 91.3 Å². The lowest BCUT2D eigenvalue weighted by Gasteiger charge is -2.15. The highest BCUT2D eigenvalue weighted by molar-refractivity contribution is 7.88. The van der Waals surface area contributed by atoms with Crippen LogP contribution in [-0.2, 0) is 15.6 Å². The summed E-state index contributed by atoms with van der Waals surface area (Å²) in [6.45, 7) is 0. The number of carbonyl (C=O) groups is 1. The van der Waals surface area contributed by atoms with E-state index in [9.17, 15) is 14.1 Å². The van der Waals surface area contributed by atoms with E-state index in [0.29, 0.717) is 34.1 Å². The first-order valence-electron chi connectivity index (χ1n) is 8.66. The molecule has 0 bridgehead atoms. The van der Waals surface area contributed by atoms with E-state index < -0.39 is 22.7 Å². The predicted octanol–water partition coefficient (Wildman–Crippen LogP) is 3.31. The van der Waals surface area contributed by atoms with Gasteiger partial charge in [-0.3, -0.25) is 9.00 Å². The van der Waals surface area contributed by atoms with Crippen molar-refractivity contribution in [2.24, 2.45) is 0 Å². The van der Waals surface area contributed by atoms with E-state index in [-0.39, 0.29) is 5.75 Å². The Balaban J connectivity index is 2.29.